The predicted octanol–water partition coefficient (Wildman–Crippen LogP) is 1.75. The van der Waals surface area contributed by atoms with Gasteiger partial charge in [-0.2, -0.15) is 0 Å². The molecule has 1 aromatic heterocycles. The van der Waals surface area contributed by atoms with Crippen LogP contribution >= 0.6 is 0 Å². The standard InChI is InChI=1S/C23H35N7O2/c1-24-23(26-17-22-28-27-21-6-4-3-5-11-30(21)22)25-16-20(29-12-14-32-15-13-29)18-7-9-19(31-2)10-8-18/h7-10,20H,3-6,11-17H2,1-2H3,(H2,24,25,26). The van der Waals surface area contributed by atoms with Crippen LogP contribution in [0.5, 0.6) is 5.75 Å². The maximum Gasteiger partial charge on any atom is 0.191 e. The fourth-order valence-corrected chi connectivity index (χ4v) is 4.43. The van der Waals surface area contributed by atoms with Gasteiger partial charge >= 0.3 is 0 Å². The minimum absolute atomic E-state index is 0.215. The first kappa shape index (κ1) is 22.5. The van der Waals surface area contributed by atoms with Crippen molar-refractivity contribution in [2.75, 3.05) is 47.0 Å². The Kier molecular flexibility index (Phi) is 7.95. The van der Waals surface area contributed by atoms with E-state index in [1.165, 1.54) is 24.8 Å². The molecule has 9 heteroatoms. The summed E-state index contributed by atoms with van der Waals surface area (Å²) in [7, 11) is 3.50. The highest BCUT2D eigenvalue weighted by atomic mass is 16.5. The molecule has 0 aliphatic carbocycles. The highest BCUT2D eigenvalue weighted by Crippen LogP contribution is 2.23. The van der Waals surface area contributed by atoms with Crippen molar-refractivity contribution < 1.29 is 9.47 Å². The van der Waals surface area contributed by atoms with Crippen molar-refractivity contribution in [1.82, 2.24) is 30.3 Å². The average molecular weight is 442 g/mol. The van der Waals surface area contributed by atoms with Gasteiger partial charge in [-0.25, -0.2) is 0 Å². The number of nitrogens with zero attached hydrogens (tertiary/aromatic N) is 5. The lowest BCUT2D eigenvalue weighted by atomic mass is 10.0. The van der Waals surface area contributed by atoms with Crippen molar-refractivity contribution in [3.8, 4) is 5.75 Å². The molecule has 0 radical (unpaired) electrons. The van der Waals surface area contributed by atoms with Gasteiger partial charge in [0, 0.05) is 39.6 Å². The van der Waals surface area contributed by atoms with Crippen molar-refractivity contribution in [3.63, 3.8) is 0 Å². The highest BCUT2D eigenvalue weighted by molar-refractivity contribution is 5.79. The van der Waals surface area contributed by atoms with E-state index in [9.17, 15) is 0 Å². The van der Waals surface area contributed by atoms with Crippen molar-refractivity contribution in [2.24, 2.45) is 4.99 Å². The second-order valence-electron chi connectivity index (χ2n) is 8.24. The molecule has 3 heterocycles. The van der Waals surface area contributed by atoms with E-state index in [4.69, 9.17) is 9.47 Å². The zero-order valence-electron chi connectivity index (χ0n) is 19.2. The molecule has 2 aromatic rings. The molecule has 1 atom stereocenters. The molecule has 1 unspecified atom stereocenters. The van der Waals surface area contributed by atoms with Crippen LogP contribution in [0.2, 0.25) is 0 Å². The molecule has 2 N–H and O–H groups in total. The van der Waals surface area contributed by atoms with Gasteiger partial charge in [-0.05, 0) is 30.5 Å². The minimum atomic E-state index is 0.215. The largest absolute Gasteiger partial charge is 0.497 e. The van der Waals surface area contributed by atoms with Gasteiger partial charge in [0.2, 0.25) is 0 Å². The number of aromatic nitrogens is 3. The lowest BCUT2D eigenvalue weighted by Gasteiger charge is -2.35. The number of hydrogen-bond acceptors (Lipinski definition) is 6. The minimum Gasteiger partial charge on any atom is -0.497 e. The molecule has 1 fully saturated rings. The molecule has 0 saturated carbocycles. The number of fused-ring (bicyclic) bond motifs is 1. The number of hydrogen-bond donors (Lipinski definition) is 2. The van der Waals surface area contributed by atoms with Crippen LogP contribution in [0.15, 0.2) is 29.3 Å². The van der Waals surface area contributed by atoms with Gasteiger partial charge in [0.05, 0.1) is 32.9 Å². The summed E-state index contributed by atoms with van der Waals surface area (Å²) < 4.78 is 13.2. The van der Waals surface area contributed by atoms with Crippen LogP contribution in [0.1, 0.15) is 42.5 Å². The first-order valence-corrected chi connectivity index (χ1v) is 11.6. The number of rotatable bonds is 7. The average Bonchev–Trinajstić information content (AvgIpc) is 3.07. The van der Waals surface area contributed by atoms with Crippen LogP contribution in [0.3, 0.4) is 0 Å². The third-order valence-electron chi connectivity index (χ3n) is 6.27. The Morgan fingerprint density at radius 2 is 1.91 bits per heavy atom. The number of aliphatic imine (C=N–C) groups is 1. The summed E-state index contributed by atoms with van der Waals surface area (Å²) in [6.45, 7) is 5.70. The first-order valence-electron chi connectivity index (χ1n) is 11.6. The normalized spacial score (nSPS) is 18.5. The van der Waals surface area contributed by atoms with Crippen molar-refractivity contribution >= 4 is 5.96 Å². The van der Waals surface area contributed by atoms with Gasteiger partial charge in [-0.1, -0.05) is 18.6 Å². The summed E-state index contributed by atoms with van der Waals surface area (Å²) in [4.78, 5) is 6.89. The van der Waals surface area contributed by atoms with Crippen molar-refractivity contribution in [3.05, 3.63) is 41.5 Å². The van der Waals surface area contributed by atoms with Crippen molar-refractivity contribution in [2.45, 2.75) is 44.8 Å². The van der Waals surface area contributed by atoms with Gasteiger partial charge in [0.1, 0.15) is 11.6 Å². The topological polar surface area (TPSA) is 88.8 Å². The second kappa shape index (κ2) is 11.3. The number of nitrogens with one attached hydrogen (secondary N) is 2. The van der Waals surface area contributed by atoms with Crippen LogP contribution in [0.25, 0.3) is 0 Å². The Hall–Kier alpha value is -2.65. The van der Waals surface area contributed by atoms with E-state index < -0.39 is 0 Å². The molecule has 9 nitrogen and oxygen atoms in total. The molecule has 4 rings (SSSR count). The van der Waals surface area contributed by atoms with Gasteiger partial charge in [0.15, 0.2) is 11.8 Å². The molecule has 32 heavy (non-hydrogen) atoms. The van der Waals surface area contributed by atoms with E-state index in [1.807, 2.05) is 12.1 Å². The second-order valence-corrected chi connectivity index (χ2v) is 8.24. The van der Waals surface area contributed by atoms with E-state index in [0.717, 1.165) is 69.2 Å². The Morgan fingerprint density at radius 1 is 1.09 bits per heavy atom. The summed E-state index contributed by atoms with van der Waals surface area (Å²) >= 11 is 0. The molecular formula is C23H35N7O2. The van der Waals surface area contributed by atoms with Gasteiger partial charge < -0.3 is 24.7 Å². The molecule has 1 saturated heterocycles. The van der Waals surface area contributed by atoms with E-state index >= 15 is 0 Å². The van der Waals surface area contributed by atoms with Gasteiger partial charge in [-0.15, -0.1) is 10.2 Å². The summed E-state index contributed by atoms with van der Waals surface area (Å²) in [6.07, 6.45) is 4.66. The van der Waals surface area contributed by atoms with E-state index in [2.05, 4.69) is 47.4 Å². The number of benzene rings is 1. The molecule has 2 aliphatic heterocycles. The number of aryl methyl sites for hydroxylation is 1. The van der Waals surface area contributed by atoms with Gasteiger partial charge in [0.25, 0.3) is 0 Å². The third kappa shape index (κ3) is 5.58. The Labute approximate surface area is 190 Å². The Morgan fingerprint density at radius 3 is 2.66 bits per heavy atom. The lowest BCUT2D eigenvalue weighted by Crippen LogP contribution is -2.46. The number of ether oxygens (including phenoxy) is 2. The fourth-order valence-electron chi connectivity index (χ4n) is 4.43. The quantitative estimate of drug-likeness (QED) is 0.500. The highest BCUT2D eigenvalue weighted by Gasteiger charge is 2.23. The SMILES string of the molecule is CN=C(NCc1nnc2n1CCCCC2)NCC(c1ccc(OC)cc1)N1CCOCC1. The zero-order chi connectivity index (χ0) is 22.2. The smallest absolute Gasteiger partial charge is 0.191 e. The molecular weight excluding hydrogens is 406 g/mol. The van der Waals surface area contributed by atoms with Crippen LogP contribution in [-0.2, 0) is 24.2 Å². The number of morpholine rings is 1. The molecule has 1 aromatic carbocycles. The molecule has 0 bridgehead atoms. The van der Waals surface area contributed by atoms with Crippen LogP contribution in [-0.4, -0.2) is 72.6 Å². The predicted molar refractivity (Wildman–Crippen MR) is 124 cm³/mol. The zero-order valence-corrected chi connectivity index (χ0v) is 19.2. The fraction of sp³-hybridized carbons (Fsp3) is 0.609. The third-order valence-corrected chi connectivity index (χ3v) is 6.27. The molecule has 2 aliphatic rings. The van der Waals surface area contributed by atoms with E-state index in [-0.39, 0.29) is 6.04 Å². The summed E-state index contributed by atoms with van der Waals surface area (Å²) in [5.41, 5.74) is 1.25. The number of methoxy groups -OCH3 is 1. The summed E-state index contributed by atoms with van der Waals surface area (Å²) in [5, 5.41) is 15.7. The monoisotopic (exact) mass is 441 g/mol. The summed E-state index contributed by atoms with van der Waals surface area (Å²) in [5.74, 6) is 3.72. The first-order chi connectivity index (χ1) is 15.8. The van der Waals surface area contributed by atoms with Crippen molar-refractivity contribution in [1.29, 1.82) is 0 Å². The maximum absolute atomic E-state index is 5.57. The Balaban J connectivity index is 1.39. The lowest BCUT2D eigenvalue weighted by molar-refractivity contribution is 0.0170. The number of guanidine groups is 1. The molecule has 0 spiro atoms. The molecule has 0 amide bonds. The Bertz CT molecular complexity index is 875. The maximum atomic E-state index is 5.57. The van der Waals surface area contributed by atoms with Gasteiger partial charge in [-0.3, -0.25) is 9.89 Å². The molecule has 174 valence electrons. The van der Waals surface area contributed by atoms with E-state index in [0.29, 0.717) is 6.54 Å². The van der Waals surface area contributed by atoms with Crippen LogP contribution < -0.4 is 15.4 Å². The van der Waals surface area contributed by atoms with E-state index in [1.54, 1.807) is 14.2 Å². The van der Waals surface area contributed by atoms with Crippen LogP contribution in [0.4, 0.5) is 0 Å². The van der Waals surface area contributed by atoms with Crippen LogP contribution in [0, 0.1) is 0 Å². The summed E-state index contributed by atoms with van der Waals surface area (Å²) in [6, 6.07) is 8.54.